The van der Waals surface area contributed by atoms with Crippen molar-refractivity contribution in [3.8, 4) is 0 Å². The average molecular weight is 359 g/mol. The number of carbonyl (C=O) groups is 4. The van der Waals surface area contributed by atoms with E-state index in [2.05, 4.69) is 10.1 Å². The van der Waals surface area contributed by atoms with E-state index < -0.39 is 41.6 Å². The van der Waals surface area contributed by atoms with Gasteiger partial charge in [0.25, 0.3) is 0 Å². The monoisotopic (exact) mass is 359 g/mol. The number of rotatable bonds is 6. The predicted molar refractivity (Wildman–Crippen MR) is 90.7 cm³/mol. The summed E-state index contributed by atoms with van der Waals surface area (Å²) in [5, 5.41) is 2.41. The summed E-state index contributed by atoms with van der Waals surface area (Å²) in [7, 11) is 5.42. The van der Waals surface area contributed by atoms with Gasteiger partial charge in [0.05, 0.1) is 13.5 Å². The largest absolute Gasteiger partial charge is 0.467 e. The minimum Gasteiger partial charge on any atom is -0.467 e. The van der Waals surface area contributed by atoms with Crippen molar-refractivity contribution < 1.29 is 28.7 Å². The molecule has 0 rings (SSSR count). The van der Waals surface area contributed by atoms with Gasteiger partial charge in [-0.2, -0.15) is 0 Å². The first-order valence-corrected chi connectivity index (χ1v) is 7.86. The first-order valence-electron chi connectivity index (χ1n) is 7.86. The number of nitrogens with one attached hydrogen (secondary N) is 1. The third-order valence-electron chi connectivity index (χ3n) is 3.56. The van der Waals surface area contributed by atoms with Crippen LogP contribution >= 0.6 is 0 Å². The van der Waals surface area contributed by atoms with E-state index in [0.29, 0.717) is 0 Å². The Balaban J connectivity index is 5.47. The van der Waals surface area contributed by atoms with Crippen LogP contribution in [0.4, 0.5) is 4.79 Å². The molecular formula is C16H29N3O6. The molecule has 3 amide bonds. The van der Waals surface area contributed by atoms with E-state index in [4.69, 9.17) is 4.74 Å². The van der Waals surface area contributed by atoms with Crippen LogP contribution in [0.2, 0.25) is 0 Å². The predicted octanol–water partition coefficient (Wildman–Crippen LogP) is 0.378. The number of hydrogen-bond donors (Lipinski definition) is 1. The van der Waals surface area contributed by atoms with Gasteiger partial charge in [-0.15, -0.1) is 0 Å². The summed E-state index contributed by atoms with van der Waals surface area (Å²) in [5.74, 6) is -1.60. The maximum atomic E-state index is 12.8. The number of nitrogens with zero attached hydrogens (tertiary/aromatic N) is 2. The maximum absolute atomic E-state index is 12.8. The molecule has 144 valence electrons. The SMILES string of the molecule is CNC(=O)C[C@@H](C(=O)N(C)[C@@H](C)C(=O)OC)N(C)C(=O)OC(C)(C)C. The van der Waals surface area contributed by atoms with Gasteiger partial charge in [0.15, 0.2) is 0 Å². The lowest BCUT2D eigenvalue weighted by atomic mass is 10.1. The molecule has 9 nitrogen and oxygen atoms in total. The highest BCUT2D eigenvalue weighted by Crippen LogP contribution is 2.15. The van der Waals surface area contributed by atoms with Crippen molar-refractivity contribution in [1.82, 2.24) is 15.1 Å². The summed E-state index contributed by atoms with van der Waals surface area (Å²) in [6, 6.07) is -1.98. The Morgan fingerprint density at radius 2 is 1.60 bits per heavy atom. The Morgan fingerprint density at radius 3 is 2.00 bits per heavy atom. The molecule has 0 saturated carbocycles. The van der Waals surface area contributed by atoms with Crippen LogP contribution < -0.4 is 5.32 Å². The van der Waals surface area contributed by atoms with E-state index in [9.17, 15) is 19.2 Å². The van der Waals surface area contributed by atoms with Crippen LogP contribution in [-0.2, 0) is 23.9 Å². The minimum absolute atomic E-state index is 0.261. The van der Waals surface area contributed by atoms with E-state index in [1.807, 2.05) is 0 Å². The molecule has 0 aliphatic heterocycles. The number of methoxy groups -OCH3 is 1. The Labute approximate surface area is 148 Å². The summed E-state index contributed by atoms with van der Waals surface area (Å²) in [6.45, 7) is 6.58. The second-order valence-corrected chi connectivity index (χ2v) is 6.63. The fraction of sp³-hybridized carbons (Fsp3) is 0.750. The first-order chi connectivity index (χ1) is 11.4. The van der Waals surface area contributed by atoms with Crippen molar-refractivity contribution in [1.29, 1.82) is 0 Å². The number of hydrogen-bond acceptors (Lipinski definition) is 6. The van der Waals surface area contributed by atoms with Crippen LogP contribution in [-0.4, -0.2) is 79.6 Å². The zero-order chi connectivity index (χ0) is 19.9. The summed E-state index contributed by atoms with van der Waals surface area (Å²) >= 11 is 0. The average Bonchev–Trinajstić information content (AvgIpc) is 2.54. The molecule has 1 N–H and O–H groups in total. The van der Waals surface area contributed by atoms with E-state index >= 15 is 0 Å². The standard InChI is InChI=1S/C16H29N3O6/c1-10(14(22)24-8)18(6)13(21)11(9-12(20)17-5)19(7)15(23)25-16(2,3)4/h10-11H,9H2,1-8H3,(H,17,20)/t10-,11-/m0/s1. The molecule has 0 aliphatic carbocycles. The second kappa shape index (κ2) is 9.24. The topological polar surface area (TPSA) is 105 Å². The molecule has 0 spiro atoms. The Hall–Kier alpha value is -2.32. The van der Waals surface area contributed by atoms with Gasteiger partial charge in [-0.1, -0.05) is 0 Å². The van der Waals surface area contributed by atoms with Gasteiger partial charge in [-0.05, 0) is 27.7 Å². The minimum atomic E-state index is -1.12. The van der Waals surface area contributed by atoms with Crippen molar-refractivity contribution >= 4 is 23.9 Å². The smallest absolute Gasteiger partial charge is 0.410 e. The van der Waals surface area contributed by atoms with Gasteiger partial charge in [-0.3, -0.25) is 14.5 Å². The fourth-order valence-corrected chi connectivity index (χ4v) is 1.88. The molecule has 0 bridgehead atoms. The molecule has 0 saturated heterocycles. The Bertz CT molecular complexity index is 514. The molecule has 0 unspecified atom stereocenters. The van der Waals surface area contributed by atoms with Crippen molar-refractivity contribution in [3.63, 3.8) is 0 Å². The van der Waals surface area contributed by atoms with Crippen molar-refractivity contribution in [3.05, 3.63) is 0 Å². The van der Waals surface area contributed by atoms with Gasteiger partial charge in [0, 0.05) is 21.1 Å². The molecule has 0 aromatic carbocycles. The number of esters is 1. The molecule has 25 heavy (non-hydrogen) atoms. The molecule has 0 aromatic rings. The van der Waals surface area contributed by atoms with Gasteiger partial charge in [0.2, 0.25) is 11.8 Å². The molecule has 0 fully saturated rings. The normalized spacial score (nSPS) is 13.3. The molecule has 0 aromatic heterocycles. The lowest BCUT2D eigenvalue weighted by Gasteiger charge is -2.33. The van der Waals surface area contributed by atoms with Gasteiger partial charge < -0.3 is 19.7 Å². The number of carbonyl (C=O) groups excluding carboxylic acids is 4. The van der Waals surface area contributed by atoms with Crippen LogP contribution in [0, 0.1) is 0 Å². The van der Waals surface area contributed by atoms with Gasteiger partial charge >= 0.3 is 12.1 Å². The van der Waals surface area contributed by atoms with E-state index in [1.165, 1.54) is 35.2 Å². The highest BCUT2D eigenvalue weighted by molar-refractivity contribution is 5.93. The van der Waals surface area contributed by atoms with E-state index in [0.717, 1.165) is 9.80 Å². The van der Waals surface area contributed by atoms with Crippen molar-refractivity contribution in [2.24, 2.45) is 0 Å². The number of likely N-dealkylation sites (N-methyl/N-ethyl adjacent to an activating group) is 2. The van der Waals surface area contributed by atoms with Crippen LogP contribution in [0.1, 0.15) is 34.1 Å². The Kier molecular flexibility index (Phi) is 8.38. The number of ether oxygens (including phenoxy) is 2. The van der Waals surface area contributed by atoms with Gasteiger partial charge in [-0.25, -0.2) is 9.59 Å². The van der Waals surface area contributed by atoms with Gasteiger partial charge in [0.1, 0.15) is 17.7 Å². The quantitative estimate of drug-likeness (QED) is 0.687. The first kappa shape index (κ1) is 22.7. The highest BCUT2D eigenvalue weighted by Gasteiger charge is 2.36. The van der Waals surface area contributed by atoms with E-state index in [-0.39, 0.29) is 6.42 Å². The van der Waals surface area contributed by atoms with Crippen molar-refractivity contribution in [2.45, 2.75) is 51.8 Å². The number of amides is 3. The van der Waals surface area contributed by atoms with E-state index in [1.54, 1.807) is 20.8 Å². The van der Waals surface area contributed by atoms with Crippen LogP contribution in [0.15, 0.2) is 0 Å². The molecule has 9 heteroatoms. The van der Waals surface area contributed by atoms with Crippen LogP contribution in [0.5, 0.6) is 0 Å². The fourth-order valence-electron chi connectivity index (χ4n) is 1.88. The highest BCUT2D eigenvalue weighted by atomic mass is 16.6. The third-order valence-corrected chi connectivity index (χ3v) is 3.56. The summed E-state index contributed by atoms with van der Waals surface area (Å²) in [5.41, 5.74) is -0.753. The molecular weight excluding hydrogens is 330 g/mol. The second-order valence-electron chi connectivity index (χ2n) is 6.63. The lowest BCUT2D eigenvalue weighted by Crippen LogP contribution is -2.54. The molecule has 0 aliphatic rings. The molecule has 0 radical (unpaired) electrons. The van der Waals surface area contributed by atoms with Crippen molar-refractivity contribution in [2.75, 3.05) is 28.3 Å². The zero-order valence-electron chi connectivity index (χ0n) is 16.2. The molecule has 2 atom stereocenters. The van der Waals surface area contributed by atoms with Crippen LogP contribution in [0.25, 0.3) is 0 Å². The third kappa shape index (κ3) is 6.98. The summed E-state index contributed by atoms with van der Waals surface area (Å²) in [6.07, 6.45) is -1.00. The van der Waals surface area contributed by atoms with Crippen LogP contribution in [0.3, 0.4) is 0 Å². The summed E-state index contributed by atoms with van der Waals surface area (Å²) in [4.78, 5) is 50.6. The maximum Gasteiger partial charge on any atom is 0.410 e. The zero-order valence-corrected chi connectivity index (χ0v) is 16.2. The Morgan fingerprint density at radius 1 is 1.08 bits per heavy atom. The summed E-state index contributed by atoms with van der Waals surface area (Å²) < 4.78 is 9.87. The molecule has 0 heterocycles. The lowest BCUT2D eigenvalue weighted by molar-refractivity contribution is -0.153.